The van der Waals surface area contributed by atoms with Gasteiger partial charge in [0.2, 0.25) is 0 Å². The van der Waals surface area contributed by atoms with Crippen molar-refractivity contribution in [3.8, 4) is 0 Å². The van der Waals surface area contributed by atoms with Gasteiger partial charge in [0.05, 0.1) is 16.2 Å². The van der Waals surface area contributed by atoms with Crippen LogP contribution in [0.2, 0.25) is 0 Å². The van der Waals surface area contributed by atoms with Crippen molar-refractivity contribution in [2.75, 3.05) is 18.6 Å². The Kier molecular flexibility index (Phi) is 5.01. The van der Waals surface area contributed by atoms with Gasteiger partial charge >= 0.3 is 0 Å². The van der Waals surface area contributed by atoms with Crippen molar-refractivity contribution in [2.45, 2.75) is 0 Å². The Morgan fingerprint density at radius 3 is 2.63 bits per heavy atom. The number of nitro benzene ring substituents is 1. The van der Waals surface area contributed by atoms with Gasteiger partial charge in [-0.05, 0) is 22.0 Å². The van der Waals surface area contributed by atoms with Crippen LogP contribution in [0.1, 0.15) is 10.4 Å². The molecule has 104 valence electrons. The zero-order valence-corrected chi connectivity index (χ0v) is 12.3. The van der Waals surface area contributed by atoms with Crippen LogP contribution in [-0.2, 0) is 9.84 Å². The average Bonchev–Trinajstić information content (AvgIpc) is 2.26. The second-order valence-electron chi connectivity index (χ2n) is 3.78. The maximum atomic E-state index is 11.8. The highest BCUT2D eigenvalue weighted by Crippen LogP contribution is 2.28. The van der Waals surface area contributed by atoms with Gasteiger partial charge in [-0.1, -0.05) is 6.07 Å². The minimum Gasteiger partial charge on any atom is -0.351 e. The SMILES string of the molecule is CS(=O)(=O)CCNC(=O)c1cccc([N+](=O)[O-])c1Br. The number of carbonyl (C=O) groups excluding carboxylic acids is 1. The molecule has 9 heteroatoms. The fourth-order valence-corrected chi connectivity index (χ4v) is 2.34. The van der Waals surface area contributed by atoms with Crippen LogP contribution in [-0.4, -0.2) is 37.8 Å². The Morgan fingerprint density at radius 1 is 1.47 bits per heavy atom. The highest BCUT2D eigenvalue weighted by molar-refractivity contribution is 9.10. The summed E-state index contributed by atoms with van der Waals surface area (Å²) in [6.07, 6.45) is 1.06. The summed E-state index contributed by atoms with van der Waals surface area (Å²) in [7, 11) is -3.17. The minimum atomic E-state index is -3.17. The molecule has 0 radical (unpaired) electrons. The molecule has 0 saturated heterocycles. The summed E-state index contributed by atoms with van der Waals surface area (Å²) in [4.78, 5) is 21.9. The zero-order valence-electron chi connectivity index (χ0n) is 9.92. The number of nitrogens with one attached hydrogen (secondary N) is 1. The normalized spacial score (nSPS) is 11.1. The lowest BCUT2D eigenvalue weighted by molar-refractivity contribution is -0.385. The lowest BCUT2D eigenvalue weighted by Gasteiger charge is -2.06. The Balaban J connectivity index is 2.83. The summed E-state index contributed by atoms with van der Waals surface area (Å²) in [6, 6.07) is 4.05. The van der Waals surface area contributed by atoms with E-state index in [4.69, 9.17) is 0 Å². The quantitative estimate of drug-likeness (QED) is 0.632. The summed E-state index contributed by atoms with van der Waals surface area (Å²) >= 11 is 2.99. The van der Waals surface area contributed by atoms with Crippen molar-refractivity contribution < 1.29 is 18.1 Å². The number of rotatable bonds is 5. The molecule has 0 spiro atoms. The standard InChI is InChI=1S/C10H11BrN2O5S/c1-19(17,18)6-5-12-10(14)7-3-2-4-8(9(7)11)13(15)16/h2-4H,5-6H2,1H3,(H,12,14). The zero-order chi connectivity index (χ0) is 14.6. The number of halogens is 1. The summed E-state index contributed by atoms with van der Waals surface area (Å²) in [5.74, 6) is -0.759. The van der Waals surface area contributed by atoms with E-state index in [-0.39, 0.29) is 28.0 Å². The van der Waals surface area contributed by atoms with Crippen LogP contribution in [0.4, 0.5) is 5.69 Å². The molecule has 1 amide bonds. The van der Waals surface area contributed by atoms with E-state index < -0.39 is 20.7 Å². The minimum absolute atomic E-state index is 0.0488. The van der Waals surface area contributed by atoms with Gasteiger partial charge in [-0.2, -0.15) is 0 Å². The Labute approximate surface area is 118 Å². The number of amides is 1. The van der Waals surface area contributed by atoms with E-state index in [0.29, 0.717) is 0 Å². The van der Waals surface area contributed by atoms with E-state index in [1.54, 1.807) is 0 Å². The van der Waals surface area contributed by atoms with Gasteiger partial charge in [0.25, 0.3) is 11.6 Å². The fourth-order valence-electron chi connectivity index (χ4n) is 1.28. The van der Waals surface area contributed by atoms with Crippen LogP contribution in [0.3, 0.4) is 0 Å². The van der Waals surface area contributed by atoms with Gasteiger partial charge in [0.15, 0.2) is 0 Å². The molecule has 7 nitrogen and oxygen atoms in total. The molecule has 0 aromatic heterocycles. The Morgan fingerprint density at radius 2 is 2.11 bits per heavy atom. The maximum Gasteiger partial charge on any atom is 0.284 e. The van der Waals surface area contributed by atoms with Gasteiger partial charge in [0.1, 0.15) is 14.3 Å². The third-order valence-corrected chi connectivity index (χ3v) is 3.96. The molecule has 0 bridgehead atoms. The van der Waals surface area contributed by atoms with Crippen molar-refractivity contribution in [1.29, 1.82) is 0 Å². The molecule has 0 aliphatic heterocycles. The van der Waals surface area contributed by atoms with Crippen molar-refractivity contribution in [1.82, 2.24) is 5.32 Å². The van der Waals surface area contributed by atoms with Gasteiger partial charge in [-0.15, -0.1) is 0 Å². The van der Waals surface area contributed by atoms with Crippen LogP contribution in [0.5, 0.6) is 0 Å². The van der Waals surface area contributed by atoms with E-state index in [9.17, 15) is 23.3 Å². The monoisotopic (exact) mass is 350 g/mol. The average molecular weight is 351 g/mol. The first-order valence-corrected chi connectivity index (χ1v) is 7.96. The smallest absolute Gasteiger partial charge is 0.284 e. The number of sulfone groups is 1. The first-order valence-electron chi connectivity index (χ1n) is 5.11. The number of carbonyl (C=O) groups is 1. The number of hydrogen-bond acceptors (Lipinski definition) is 5. The lowest BCUT2D eigenvalue weighted by atomic mass is 10.2. The molecule has 19 heavy (non-hydrogen) atoms. The van der Waals surface area contributed by atoms with E-state index in [1.807, 2.05) is 0 Å². The van der Waals surface area contributed by atoms with Crippen molar-refractivity contribution in [3.05, 3.63) is 38.3 Å². The largest absolute Gasteiger partial charge is 0.351 e. The molecular formula is C10H11BrN2O5S. The number of nitrogens with zero attached hydrogens (tertiary/aromatic N) is 1. The highest BCUT2D eigenvalue weighted by atomic mass is 79.9. The second-order valence-corrected chi connectivity index (χ2v) is 6.83. The molecular weight excluding hydrogens is 340 g/mol. The Hall–Kier alpha value is -1.48. The van der Waals surface area contributed by atoms with Crippen molar-refractivity contribution in [2.24, 2.45) is 0 Å². The number of hydrogen-bond donors (Lipinski definition) is 1. The topological polar surface area (TPSA) is 106 Å². The summed E-state index contributed by atoms with van der Waals surface area (Å²) in [6.45, 7) is -0.0488. The van der Waals surface area contributed by atoms with E-state index >= 15 is 0 Å². The second kappa shape index (κ2) is 6.11. The van der Waals surface area contributed by atoms with Crippen LogP contribution in [0, 0.1) is 10.1 Å². The van der Waals surface area contributed by atoms with Gasteiger partial charge in [-0.3, -0.25) is 14.9 Å². The lowest BCUT2D eigenvalue weighted by Crippen LogP contribution is -2.29. The molecule has 0 heterocycles. The Bertz CT molecular complexity index is 614. The first-order chi connectivity index (χ1) is 8.72. The molecule has 0 aliphatic rings. The number of nitro groups is 1. The highest BCUT2D eigenvalue weighted by Gasteiger charge is 2.19. The van der Waals surface area contributed by atoms with Crippen LogP contribution >= 0.6 is 15.9 Å². The van der Waals surface area contributed by atoms with E-state index in [0.717, 1.165) is 6.26 Å². The third-order valence-electron chi connectivity index (χ3n) is 2.18. The van der Waals surface area contributed by atoms with Gasteiger partial charge in [0, 0.05) is 18.9 Å². The van der Waals surface area contributed by atoms with E-state index in [2.05, 4.69) is 21.2 Å². The maximum absolute atomic E-state index is 11.8. The van der Waals surface area contributed by atoms with Crippen LogP contribution < -0.4 is 5.32 Å². The fraction of sp³-hybridized carbons (Fsp3) is 0.300. The number of benzene rings is 1. The van der Waals surface area contributed by atoms with Crippen molar-refractivity contribution >= 4 is 37.4 Å². The van der Waals surface area contributed by atoms with E-state index in [1.165, 1.54) is 18.2 Å². The summed E-state index contributed by atoms with van der Waals surface area (Å²) in [5.41, 5.74) is -0.140. The molecule has 0 aliphatic carbocycles. The predicted octanol–water partition coefficient (Wildman–Crippen LogP) is 1.13. The molecule has 1 aromatic carbocycles. The molecule has 1 rings (SSSR count). The third kappa shape index (κ3) is 4.60. The molecule has 0 fully saturated rings. The van der Waals surface area contributed by atoms with Crippen molar-refractivity contribution in [3.63, 3.8) is 0 Å². The molecule has 0 saturated carbocycles. The molecule has 0 atom stereocenters. The summed E-state index contributed by atoms with van der Waals surface area (Å²) in [5, 5.41) is 13.1. The van der Waals surface area contributed by atoms with Crippen LogP contribution in [0.15, 0.2) is 22.7 Å². The summed E-state index contributed by atoms with van der Waals surface area (Å²) < 4.78 is 21.9. The van der Waals surface area contributed by atoms with Gasteiger partial charge < -0.3 is 5.32 Å². The van der Waals surface area contributed by atoms with Crippen LogP contribution in [0.25, 0.3) is 0 Å². The predicted molar refractivity (Wildman–Crippen MR) is 72.8 cm³/mol. The molecule has 1 aromatic rings. The molecule has 1 N–H and O–H groups in total. The first kappa shape index (κ1) is 15.6. The van der Waals surface area contributed by atoms with Gasteiger partial charge in [-0.25, -0.2) is 8.42 Å². The molecule has 0 unspecified atom stereocenters.